The molecule has 1 fully saturated rings. The maximum absolute atomic E-state index is 12.3. The van der Waals surface area contributed by atoms with Crippen LogP contribution in [0, 0.1) is 11.3 Å². The van der Waals surface area contributed by atoms with Crippen LogP contribution in [0.1, 0.15) is 30.0 Å². The number of nitriles is 1. The Labute approximate surface area is 158 Å². The summed E-state index contributed by atoms with van der Waals surface area (Å²) in [5, 5.41) is 14.6. The summed E-state index contributed by atoms with van der Waals surface area (Å²) in [6.07, 6.45) is 0.721. The fraction of sp³-hybridized carbons (Fsp3) is 0.286. The van der Waals surface area contributed by atoms with E-state index < -0.39 is 0 Å². The number of hydrogen-bond acceptors (Lipinski definition) is 4. The number of amides is 2. The second-order valence-electron chi connectivity index (χ2n) is 6.50. The summed E-state index contributed by atoms with van der Waals surface area (Å²) in [5.74, 6) is -0.0524. The molecule has 1 saturated heterocycles. The summed E-state index contributed by atoms with van der Waals surface area (Å²) in [6, 6.07) is 18.7. The van der Waals surface area contributed by atoms with Crippen LogP contribution in [0.15, 0.2) is 54.6 Å². The van der Waals surface area contributed by atoms with Crippen LogP contribution in [0.3, 0.4) is 0 Å². The van der Waals surface area contributed by atoms with Gasteiger partial charge in [0.05, 0.1) is 11.6 Å². The molecule has 2 aromatic carbocycles. The van der Waals surface area contributed by atoms with Crippen LogP contribution in [0.2, 0.25) is 0 Å². The Balaban J connectivity index is 1.62. The van der Waals surface area contributed by atoms with Gasteiger partial charge in [-0.2, -0.15) is 5.26 Å². The average molecular weight is 362 g/mol. The number of benzene rings is 2. The van der Waals surface area contributed by atoms with E-state index in [1.165, 1.54) is 0 Å². The zero-order valence-electron chi connectivity index (χ0n) is 15.0. The molecule has 6 heteroatoms. The number of anilines is 1. The van der Waals surface area contributed by atoms with Crippen LogP contribution >= 0.6 is 0 Å². The highest BCUT2D eigenvalue weighted by Crippen LogP contribution is 2.25. The van der Waals surface area contributed by atoms with Crippen LogP contribution in [0.25, 0.3) is 0 Å². The van der Waals surface area contributed by atoms with Crippen molar-refractivity contribution in [3.63, 3.8) is 0 Å². The number of rotatable bonds is 5. The summed E-state index contributed by atoms with van der Waals surface area (Å²) in [4.78, 5) is 26.5. The van der Waals surface area contributed by atoms with Crippen LogP contribution in [0.4, 0.5) is 5.69 Å². The number of carbonyl (C=O) groups excluding carboxylic acids is 2. The van der Waals surface area contributed by atoms with Crippen LogP contribution in [-0.2, 0) is 9.59 Å². The molecule has 0 spiro atoms. The van der Waals surface area contributed by atoms with E-state index in [0.717, 1.165) is 5.56 Å². The minimum absolute atomic E-state index is 0.0311. The number of nitrogens with zero attached hydrogens (tertiary/aromatic N) is 2. The Hall–Kier alpha value is -3.17. The Bertz CT molecular complexity index is 828. The summed E-state index contributed by atoms with van der Waals surface area (Å²) < 4.78 is 0. The molecule has 1 aliphatic heterocycles. The van der Waals surface area contributed by atoms with Gasteiger partial charge in [0.2, 0.25) is 11.8 Å². The quantitative estimate of drug-likeness (QED) is 0.856. The van der Waals surface area contributed by atoms with Gasteiger partial charge in [0, 0.05) is 44.2 Å². The van der Waals surface area contributed by atoms with Gasteiger partial charge in [-0.1, -0.05) is 30.3 Å². The van der Waals surface area contributed by atoms with E-state index in [1.807, 2.05) is 30.3 Å². The number of nitrogens with one attached hydrogen (secondary N) is 2. The molecule has 3 rings (SSSR count). The monoisotopic (exact) mass is 362 g/mol. The van der Waals surface area contributed by atoms with E-state index in [1.54, 1.807) is 24.3 Å². The number of carbonyl (C=O) groups is 2. The van der Waals surface area contributed by atoms with Crippen molar-refractivity contribution in [2.75, 3.05) is 25.0 Å². The Morgan fingerprint density at radius 1 is 1.19 bits per heavy atom. The summed E-state index contributed by atoms with van der Waals surface area (Å²) >= 11 is 0. The molecule has 1 aliphatic rings. The third-order valence-corrected chi connectivity index (χ3v) is 4.65. The molecule has 2 N–H and O–H groups in total. The minimum atomic E-state index is -0.0879. The second-order valence-corrected chi connectivity index (χ2v) is 6.50. The molecule has 138 valence electrons. The fourth-order valence-electron chi connectivity index (χ4n) is 3.24. The van der Waals surface area contributed by atoms with Gasteiger partial charge < -0.3 is 10.6 Å². The van der Waals surface area contributed by atoms with Crippen molar-refractivity contribution in [3.05, 3.63) is 65.7 Å². The first kappa shape index (κ1) is 18.6. The van der Waals surface area contributed by atoms with Crippen molar-refractivity contribution in [1.29, 1.82) is 5.26 Å². The smallest absolute Gasteiger partial charge is 0.225 e. The van der Waals surface area contributed by atoms with Crippen molar-refractivity contribution in [1.82, 2.24) is 10.2 Å². The number of hydrogen-bond donors (Lipinski definition) is 2. The standard InChI is InChI=1S/C21H22N4O2/c22-15-16-6-8-18(9-7-16)24-20(26)10-12-25-13-11-23-21(27)14-19(25)17-4-2-1-3-5-17/h1-9,19H,10-14H2,(H,23,27)(H,24,26)/t19-/m0/s1. The molecule has 0 aromatic heterocycles. The zero-order valence-corrected chi connectivity index (χ0v) is 15.0. The summed E-state index contributed by atoms with van der Waals surface area (Å²) in [7, 11) is 0. The predicted molar refractivity (Wildman–Crippen MR) is 103 cm³/mol. The van der Waals surface area contributed by atoms with Gasteiger partial charge in [0.25, 0.3) is 0 Å². The molecule has 27 heavy (non-hydrogen) atoms. The van der Waals surface area contributed by atoms with Gasteiger partial charge in [-0.15, -0.1) is 0 Å². The molecule has 1 heterocycles. The second kappa shape index (κ2) is 8.97. The molecule has 2 aromatic rings. The molecule has 0 unspecified atom stereocenters. The third-order valence-electron chi connectivity index (χ3n) is 4.65. The molecule has 6 nitrogen and oxygen atoms in total. The normalized spacial score (nSPS) is 17.4. The lowest BCUT2D eigenvalue weighted by molar-refractivity contribution is -0.121. The van der Waals surface area contributed by atoms with Crippen LogP contribution < -0.4 is 10.6 Å². The maximum atomic E-state index is 12.3. The van der Waals surface area contributed by atoms with Crippen molar-refractivity contribution >= 4 is 17.5 Å². The van der Waals surface area contributed by atoms with E-state index >= 15 is 0 Å². The largest absolute Gasteiger partial charge is 0.355 e. The average Bonchev–Trinajstić information content (AvgIpc) is 2.89. The highest BCUT2D eigenvalue weighted by Gasteiger charge is 2.26. The minimum Gasteiger partial charge on any atom is -0.355 e. The van der Waals surface area contributed by atoms with Crippen LogP contribution in [-0.4, -0.2) is 36.3 Å². The van der Waals surface area contributed by atoms with Gasteiger partial charge >= 0.3 is 0 Å². The zero-order chi connectivity index (χ0) is 19.1. The molecular weight excluding hydrogens is 340 g/mol. The fourth-order valence-corrected chi connectivity index (χ4v) is 3.24. The first-order chi connectivity index (χ1) is 13.2. The van der Waals surface area contributed by atoms with Crippen molar-refractivity contribution in [2.24, 2.45) is 0 Å². The van der Waals surface area contributed by atoms with Gasteiger partial charge in [-0.3, -0.25) is 14.5 Å². The van der Waals surface area contributed by atoms with Crippen LogP contribution in [0.5, 0.6) is 0 Å². The van der Waals surface area contributed by atoms with Crippen molar-refractivity contribution in [2.45, 2.75) is 18.9 Å². The van der Waals surface area contributed by atoms with Gasteiger partial charge in [-0.05, 0) is 29.8 Å². The third kappa shape index (κ3) is 5.16. The van der Waals surface area contributed by atoms with Gasteiger partial charge in [0.1, 0.15) is 0 Å². The molecule has 0 saturated carbocycles. The van der Waals surface area contributed by atoms with E-state index in [-0.39, 0.29) is 17.9 Å². The molecular formula is C21H22N4O2. The van der Waals surface area contributed by atoms with E-state index in [4.69, 9.17) is 5.26 Å². The Kier molecular flexibility index (Phi) is 6.18. The first-order valence-electron chi connectivity index (χ1n) is 9.01. The maximum Gasteiger partial charge on any atom is 0.225 e. The highest BCUT2D eigenvalue weighted by atomic mass is 16.2. The molecule has 0 radical (unpaired) electrons. The summed E-state index contributed by atoms with van der Waals surface area (Å²) in [5.41, 5.74) is 2.31. The molecule has 0 bridgehead atoms. The topological polar surface area (TPSA) is 85.2 Å². The van der Waals surface area contributed by atoms with E-state index in [2.05, 4.69) is 21.6 Å². The molecule has 1 atom stereocenters. The molecule has 2 amide bonds. The lowest BCUT2D eigenvalue weighted by Gasteiger charge is -2.29. The highest BCUT2D eigenvalue weighted by molar-refractivity contribution is 5.90. The van der Waals surface area contributed by atoms with Crippen molar-refractivity contribution < 1.29 is 9.59 Å². The lowest BCUT2D eigenvalue weighted by atomic mass is 10.0. The van der Waals surface area contributed by atoms with Crippen molar-refractivity contribution in [3.8, 4) is 6.07 Å². The Morgan fingerprint density at radius 3 is 2.63 bits per heavy atom. The van der Waals surface area contributed by atoms with Gasteiger partial charge in [-0.25, -0.2) is 0 Å². The van der Waals surface area contributed by atoms with E-state index in [9.17, 15) is 9.59 Å². The SMILES string of the molecule is N#Cc1ccc(NC(=O)CCN2CCNC(=O)C[C@H]2c2ccccc2)cc1. The Morgan fingerprint density at radius 2 is 1.93 bits per heavy atom. The molecule has 0 aliphatic carbocycles. The lowest BCUT2D eigenvalue weighted by Crippen LogP contribution is -2.33. The first-order valence-corrected chi connectivity index (χ1v) is 9.01. The predicted octanol–water partition coefficient (Wildman–Crippen LogP) is 2.45. The summed E-state index contributed by atoms with van der Waals surface area (Å²) in [6.45, 7) is 1.85. The van der Waals surface area contributed by atoms with Gasteiger partial charge in [0.15, 0.2) is 0 Å². The van der Waals surface area contributed by atoms with E-state index in [0.29, 0.717) is 43.7 Å².